The fraction of sp³-hybridized carbons (Fsp3) is 0.545. The number of fused-ring (bicyclic) bond motifs is 1. The van der Waals surface area contributed by atoms with Crippen molar-refractivity contribution in [1.82, 2.24) is 20.2 Å². The summed E-state index contributed by atoms with van der Waals surface area (Å²) in [6, 6.07) is 0. The third kappa shape index (κ3) is 1.98. The molecule has 3 rings (SSSR count). The molecule has 0 aliphatic carbocycles. The summed E-state index contributed by atoms with van der Waals surface area (Å²) in [7, 11) is 0. The standard InChI is InChI=1S/C11H14N4O4S/c1-20-11-7-5(12-3-13-11)6(14-15-7)10-9(18)8(17)4(2-16)19-10/h3-4,8-10,16-18H,2H2,1H3,(H,14,15)/t4-,8+,9-,10-/m0/s1. The van der Waals surface area contributed by atoms with Crippen molar-refractivity contribution in [3.63, 3.8) is 0 Å². The molecule has 9 heteroatoms. The lowest BCUT2D eigenvalue weighted by molar-refractivity contribution is -0.0236. The van der Waals surface area contributed by atoms with Gasteiger partial charge in [0.25, 0.3) is 0 Å². The van der Waals surface area contributed by atoms with Gasteiger partial charge >= 0.3 is 0 Å². The Balaban J connectivity index is 2.03. The molecule has 0 saturated carbocycles. The van der Waals surface area contributed by atoms with E-state index in [-0.39, 0.29) is 6.61 Å². The van der Waals surface area contributed by atoms with Gasteiger partial charge in [-0.05, 0) is 6.26 Å². The summed E-state index contributed by atoms with van der Waals surface area (Å²) in [4.78, 5) is 8.26. The van der Waals surface area contributed by atoms with Gasteiger partial charge in [0.2, 0.25) is 0 Å². The van der Waals surface area contributed by atoms with Crippen LogP contribution in [0.2, 0.25) is 0 Å². The van der Waals surface area contributed by atoms with E-state index < -0.39 is 24.4 Å². The molecule has 0 radical (unpaired) electrons. The van der Waals surface area contributed by atoms with Gasteiger partial charge in [0, 0.05) is 0 Å². The Morgan fingerprint density at radius 2 is 2.10 bits per heavy atom. The number of rotatable bonds is 3. The Kier molecular flexibility index (Phi) is 3.61. The molecule has 0 bridgehead atoms. The highest BCUT2D eigenvalue weighted by molar-refractivity contribution is 7.98. The minimum atomic E-state index is -1.15. The number of aliphatic hydroxyl groups is 3. The molecule has 3 heterocycles. The van der Waals surface area contributed by atoms with Gasteiger partial charge in [-0.1, -0.05) is 0 Å². The molecule has 1 fully saturated rings. The normalized spacial score (nSPS) is 30.2. The zero-order chi connectivity index (χ0) is 14.3. The first-order valence-corrected chi connectivity index (χ1v) is 7.25. The van der Waals surface area contributed by atoms with Crippen molar-refractivity contribution in [1.29, 1.82) is 0 Å². The van der Waals surface area contributed by atoms with E-state index in [4.69, 9.17) is 9.84 Å². The predicted octanol–water partition coefficient (Wildman–Crippen LogP) is -0.771. The average Bonchev–Trinajstić information content (AvgIpc) is 3.01. The van der Waals surface area contributed by atoms with E-state index in [1.54, 1.807) is 0 Å². The third-order valence-corrected chi connectivity index (χ3v) is 4.04. The number of aromatic nitrogens is 4. The molecule has 2 aromatic rings. The second-order valence-corrected chi connectivity index (χ2v) is 5.27. The van der Waals surface area contributed by atoms with Gasteiger partial charge in [0.15, 0.2) is 0 Å². The summed E-state index contributed by atoms with van der Waals surface area (Å²) in [5, 5.41) is 36.6. The number of H-pyrrole nitrogens is 1. The summed E-state index contributed by atoms with van der Waals surface area (Å²) >= 11 is 1.43. The van der Waals surface area contributed by atoms with Gasteiger partial charge in [-0.25, -0.2) is 9.97 Å². The number of aliphatic hydroxyl groups excluding tert-OH is 3. The molecule has 1 aliphatic rings. The first kappa shape index (κ1) is 13.7. The van der Waals surface area contributed by atoms with Crippen LogP contribution in [0.1, 0.15) is 11.8 Å². The number of hydrogen-bond donors (Lipinski definition) is 4. The van der Waals surface area contributed by atoms with Crippen LogP contribution in [0.15, 0.2) is 11.4 Å². The Bertz CT molecular complexity index is 621. The highest BCUT2D eigenvalue weighted by Gasteiger charge is 2.44. The third-order valence-electron chi connectivity index (χ3n) is 3.35. The Morgan fingerprint density at radius 1 is 1.30 bits per heavy atom. The van der Waals surface area contributed by atoms with Gasteiger partial charge < -0.3 is 20.1 Å². The molecule has 108 valence electrons. The quantitative estimate of drug-likeness (QED) is 0.430. The summed E-state index contributed by atoms with van der Waals surface area (Å²) < 4.78 is 5.47. The second-order valence-electron chi connectivity index (χ2n) is 4.48. The first-order valence-electron chi connectivity index (χ1n) is 6.02. The van der Waals surface area contributed by atoms with Crippen LogP contribution >= 0.6 is 11.8 Å². The fourth-order valence-corrected chi connectivity index (χ4v) is 2.80. The number of aromatic amines is 1. The number of hydrogen-bond acceptors (Lipinski definition) is 8. The predicted molar refractivity (Wildman–Crippen MR) is 70.2 cm³/mol. The maximum absolute atomic E-state index is 10.0. The van der Waals surface area contributed by atoms with Crippen molar-refractivity contribution in [3.8, 4) is 0 Å². The molecule has 0 spiro atoms. The van der Waals surface area contributed by atoms with Gasteiger partial charge in [-0.2, -0.15) is 5.10 Å². The number of thioether (sulfide) groups is 1. The zero-order valence-electron chi connectivity index (χ0n) is 10.6. The van der Waals surface area contributed by atoms with Crippen molar-refractivity contribution >= 4 is 22.8 Å². The molecule has 0 unspecified atom stereocenters. The van der Waals surface area contributed by atoms with Crippen LogP contribution in [-0.4, -0.2) is 66.7 Å². The molecular formula is C11H14N4O4S. The van der Waals surface area contributed by atoms with Gasteiger partial charge in [0.1, 0.15) is 46.8 Å². The van der Waals surface area contributed by atoms with E-state index >= 15 is 0 Å². The SMILES string of the molecule is CSc1ncnc2c([C@@H]3O[C@@H](CO)[C@@H](O)[C@@H]3O)[nH]nc12. The first-order chi connectivity index (χ1) is 9.67. The zero-order valence-corrected chi connectivity index (χ0v) is 11.4. The molecule has 1 saturated heterocycles. The van der Waals surface area contributed by atoms with Crippen LogP contribution in [0.3, 0.4) is 0 Å². The van der Waals surface area contributed by atoms with E-state index in [1.165, 1.54) is 18.1 Å². The summed E-state index contributed by atoms with van der Waals surface area (Å²) in [5.74, 6) is 0. The smallest absolute Gasteiger partial charge is 0.143 e. The Labute approximate surface area is 118 Å². The monoisotopic (exact) mass is 298 g/mol. The molecule has 1 aliphatic heterocycles. The lowest BCUT2D eigenvalue weighted by atomic mass is 10.1. The summed E-state index contributed by atoms with van der Waals surface area (Å²) in [6.07, 6.45) is -0.641. The molecule has 20 heavy (non-hydrogen) atoms. The van der Waals surface area contributed by atoms with Crippen LogP contribution in [0.5, 0.6) is 0 Å². The molecule has 4 atom stereocenters. The Hall–Kier alpha value is -1.26. The number of nitrogens with zero attached hydrogens (tertiary/aromatic N) is 3. The van der Waals surface area contributed by atoms with Gasteiger partial charge in [0.05, 0.1) is 12.3 Å². The maximum Gasteiger partial charge on any atom is 0.143 e. The van der Waals surface area contributed by atoms with Gasteiger partial charge in [-0.3, -0.25) is 5.10 Å². The second kappa shape index (κ2) is 5.26. The molecule has 4 N–H and O–H groups in total. The van der Waals surface area contributed by atoms with Crippen molar-refractivity contribution in [2.24, 2.45) is 0 Å². The molecule has 2 aromatic heterocycles. The molecule has 8 nitrogen and oxygen atoms in total. The fourth-order valence-electron chi connectivity index (χ4n) is 2.32. The molecular weight excluding hydrogens is 284 g/mol. The highest BCUT2D eigenvalue weighted by Crippen LogP contribution is 2.36. The van der Waals surface area contributed by atoms with E-state index in [0.29, 0.717) is 21.8 Å². The lowest BCUT2D eigenvalue weighted by Crippen LogP contribution is -2.32. The van der Waals surface area contributed by atoms with E-state index in [1.807, 2.05) is 6.26 Å². The highest BCUT2D eigenvalue weighted by atomic mass is 32.2. The summed E-state index contributed by atoms with van der Waals surface area (Å²) in [6.45, 7) is -0.369. The van der Waals surface area contributed by atoms with Crippen LogP contribution in [0.25, 0.3) is 11.0 Å². The van der Waals surface area contributed by atoms with Crippen LogP contribution < -0.4 is 0 Å². The summed E-state index contributed by atoms with van der Waals surface area (Å²) in [5.41, 5.74) is 1.60. The lowest BCUT2D eigenvalue weighted by Gasteiger charge is -2.12. The molecule has 0 aromatic carbocycles. The van der Waals surface area contributed by atoms with Crippen LogP contribution in [-0.2, 0) is 4.74 Å². The molecule has 0 amide bonds. The topological polar surface area (TPSA) is 124 Å². The number of nitrogens with one attached hydrogen (secondary N) is 1. The van der Waals surface area contributed by atoms with Crippen LogP contribution in [0, 0.1) is 0 Å². The van der Waals surface area contributed by atoms with E-state index in [2.05, 4.69) is 20.2 Å². The van der Waals surface area contributed by atoms with E-state index in [0.717, 1.165) is 0 Å². The van der Waals surface area contributed by atoms with Crippen molar-refractivity contribution < 1.29 is 20.1 Å². The minimum Gasteiger partial charge on any atom is -0.394 e. The van der Waals surface area contributed by atoms with Crippen molar-refractivity contribution in [3.05, 3.63) is 12.0 Å². The van der Waals surface area contributed by atoms with Gasteiger partial charge in [-0.15, -0.1) is 11.8 Å². The van der Waals surface area contributed by atoms with Crippen LogP contribution in [0.4, 0.5) is 0 Å². The van der Waals surface area contributed by atoms with Crippen molar-refractivity contribution in [2.75, 3.05) is 12.9 Å². The maximum atomic E-state index is 10.0. The van der Waals surface area contributed by atoms with E-state index in [9.17, 15) is 10.2 Å². The Morgan fingerprint density at radius 3 is 2.75 bits per heavy atom. The largest absolute Gasteiger partial charge is 0.394 e. The minimum absolute atomic E-state index is 0.369. The average molecular weight is 298 g/mol. The number of ether oxygens (including phenoxy) is 1. The van der Waals surface area contributed by atoms with Crippen molar-refractivity contribution in [2.45, 2.75) is 29.4 Å².